The molecular weight excluding hydrogens is 228 g/mol. The molecule has 0 aromatic carbocycles. The lowest BCUT2D eigenvalue weighted by Crippen LogP contribution is -2.33. The topological polar surface area (TPSA) is 75.3 Å². The predicted molar refractivity (Wildman–Crippen MR) is 63.6 cm³/mol. The Bertz CT molecular complexity index is 399. The van der Waals surface area contributed by atoms with Gasteiger partial charge in [0.1, 0.15) is 0 Å². The van der Waals surface area contributed by atoms with E-state index in [2.05, 4.69) is 9.97 Å². The summed E-state index contributed by atoms with van der Waals surface area (Å²) in [5.74, 6) is 0.647. The zero-order valence-electron chi connectivity index (χ0n) is 9.15. The molecule has 88 valence electrons. The van der Waals surface area contributed by atoms with Crippen LogP contribution < -0.4 is 10.6 Å². The van der Waals surface area contributed by atoms with Crippen LogP contribution in [0.5, 0.6) is 0 Å². The van der Waals surface area contributed by atoms with Crippen LogP contribution in [0.15, 0.2) is 0 Å². The van der Waals surface area contributed by atoms with Crippen LogP contribution in [0.2, 0.25) is 5.28 Å². The molecule has 6 heteroatoms. The number of aliphatic hydroxyl groups excluding tert-OH is 1. The van der Waals surface area contributed by atoms with Gasteiger partial charge in [-0.25, -0.2) is 4.98 Å². The van der Waals surface area contributed by atoms with Crippen molar-refractivity contribution in [3.63, 3.8) is 0 Å². The minimum atomic E-state index is 0.0904. The van der Waals surface area contributed by atoms with Gasteiger partial charge in [0, 0.05) is 6.54 Å². The van der Waals surface area contributed by atoms with Crippen LogP contribution in [-0.4, -0.2) is 34.3 Å². The Kier molecular flexibility index (Phi) is 3.16. The number of nitrogens with two attached hydrogens (primary N) is 1. The summed E-state index contributed by atoms with van der Waals surface area (Å²) < 4.78 is 0. The van der Waals surface area contributed by atoms with E-state index in [1.807, 2.05) is 4.90 Å². The van der Waals surface area contributed by atoms with Crippen molar-refractivity contribution in [2.45, 2.75) is 25.8 Å². The molecule has 1 atom stereocenters. The molecule has 0 spiro atoms. The highest BCUT2D eigenvalue weighted by Crippen LogP contribution is 2.30. The molecule has 16 heavy (non-hydrogen) atoms. The zero-order valence-corrected chi connectivity index (χ0v) is 9.91. The van der Waals surface area contributed by atoms with Crippen molar-refractivity contribution in [3.8, 4) is 0 Å². The maximum atomic E-state index is 9.27. The largest absolute Gasteiger partial charge is 0.394 e. The summed E-state index contributed by atoms with van der Waals surface area (Å²) >= 11 is 5.82. The van der Waals surface area contributed by atoms with Crippen molar-refractivity contribution >= 4 is 23.1 Å². The first-order chi connectivity index (χ1) is 7.63. The molecule has 5 nitrogen and oxygen atoms in total. The molecule has 0 saturated carbocycles. The van der Waals surface area contributed by atoms with Gasteiger partial charge in [0.2, 0.25) is 5.28 Å². The molecule has 3 N–H and O–H groups in total. The third-order valence-electron chi connectivity index (χ3n) is 2.95. The highest BCUT2D eigenvalue weighted by atomic mass is 35.5. The third-order valence-corrected chi connectivity index (χ3v) is 3.12. The Hall–Kier alpha value is -1.07. The number of rotatable bonds is 2. The number of aryl methyl sites for hydroxylation is 1. The first-order valence-corrected chi connectivity index (χ1v) is 5.68. The second-order valence-electron chi connectivity index (χ2n) is 3.99. The molecule has 1 aliphatic rings. The molecule has 2 heterocycles. The van der Waals surface area contributed by atoms with Crippen molar-refractivity contribution in [1.29, 1.82) is 0 Å². The molecule has 0 bridgehead atoms. The molecule has 1 unspecified atom stereocenters. The summed E-state index contributed by atoms with van der Waals surface area (Å²) in [5, 5.41) is 9.47. The fraction of sp³-hybridized carbons (Fsp3) is 0.600. The summed E-state index contributed by atoms with van der Waals surface area (Å²) in [6.45, 7) is 2.76. The predicted octanol–water partition coefficient (Wildman–Crippen LogP) is 0.982. The van der Waals surface area contributed by atoms with E-state index in [0.717, 1.165) is 19.4 Å². The molecular formula is C10H15ClN4O. The van der Waals surface area contributed by atoms with Crippen LogP contribution in [0.25, 0.3) is 0 Å². The molecule has 1 fully saturated rings. The summed E-state index contributed by atoms with van der Waals surface area (Å²) in [6.07, 6.45) is 1.99. The van der Waals surface area contributed by atoms with E-state index in [4.69, 9.17) is 17.3 Å². The standard InChI is InChI=1S/C10H15ClN4O/c1-6-8(12)9(14-10(11)13-6)15-4-2-3-7(15)5-16/h7,16H,2-5,12H2,1H3. The fourth-order valence-electron chi connectivity index (χ4n) is 2.06. The van der Waals surface area contributed by atoms with Gasteiger partial charge < -0.3 is 15.7 Å². The minimum absolute atomic E-state index is 0.0904. The van der Waals surface area contributed by atoms with Crippen molar-refractivity contribution < 1.29 is 5.11 Å². The highest BCUT2D eigenvalue weighted by molar-refractivity contribution is 6.28. The quantitative estimate of drug-likeness (QED) is 0.757. The van der Waals surface area contributed by atoms with Gasteiger partial charge in [-0.05, 0) is 31.4 Å². The second kappa shape index (κ2) is 4.43. The van der Waals surface area contributed by atoms with E-state index in [9.17, 15) is 5.11 Å². The Morgan fingerprint density at radius 2 is 2.31 bits per heavy atom. The first-order valence-electron chi connectivity index (χ1n) is 5.30. The van der Waals surface area contributed by atoms with E-state index in [-0.39, 0.29) is 17.9 Å². The van der Waals surface area contributed by atoms with Crippen LogP contribution in [0.1, 0.15) is 18.5 Å². The van der Waals surface area contributed by atoms with Crippen molar-refractivity contribution in [3.05, 3.63) is 11.0 Å². The monoisotopic (exact) mass is 242 g/mol. The van der Waals surface area contributed by atoms with Gasteiger partial charge in [-0.1, -0.05) is 0 Å². The summed E-state index contributed by atoms with van der Waals surface area (Å²) in [7, 11) is 0. The van der Waals surface area contributed by atoms with E-state index in [0.29, 0.717) is 17.2 Å². The van der Waals surface area contributed by atoms with Gasteiger partial charge in [-0.3, -0.25) is 0 Å². The lowest BCUT2D eigenvalue weighted by atomic mass is 10.2. The Morgan fingerprint density at radius 1 is 1.56 bits per heavy atom. The number of hydrogen-bond donors (Lipinski definition) is 2. The smallest absolute Gasteiger partial charge is 0.224 e. The molecule has 0 amide bonds. The third kappa shape index (κ3) is 1.92. The van der Waals surface area contributed by atoms with Gasteiger partial charge in [-0.15, -0.1) is 0 Å². The fourth-order valence-corrected chi connectivity index (χ4v) is 2.26. The number of nitrogen functional groups attached to an aromatic ring is 1. The van der Waals surface area contributed by atoms with E-state index in [1.54, 1.807) is 6.92 Å². The number of aromatic nitrogens is 2. The highest BCUT2D eigenvalue weighted by Gasteiger charge is 2.27. The van der Waals surface area contributed by atoms with Gasteiger partial charge in [0.25, 0.3) is 0 Å². The lowest BCUT2D eigenvalue weighted by Gasteiger charge is -2.25. The maximum absolute atomic E-state index is 9.27. The zero-order chi connectivity index (χ0) is 11.7. The first kappa shape index (κ1) is 11.4. The molecule has 1 saturated heterocycles. The number of nitrogens with zero attached hydrogens (tertiary/aromatic N) is 3. The summed E-state index contributed by atoms with van der Waals surface area (Å²) in [4.78, 5) is 10.2. The van der Waals surface area contributed by atoms with Crippen LogP contribution in [0.4, 0.5) is 11.5 Å². The van der Waals surface area contributed by atoms with Crippen LogP contribution in [0, 0.1) is 6.92 Å². The Balaban J connectivity index is 2.39. The Morgan fingerprint density at radius 3 is 3.00 bits per heavy atom. The Labute approximate surface area is 99.3 Å². The molecule has 1 aliphatic heterocycles. The maximum Gasteiger partial charge on any atom is 0.224 e. The molecule has 2 rings (SSSR count). The van der Waals surface area contributed by atoms with Gasteiger partial charge in [0.15, 0.2) is 5.82 Å². The van der Waals surface area contributed by atoms with Crippen molar-refractivity contribution in [2.24, 2.45) is 0 Å². The molecule has 0 radical (unpaired) electrons. The second-order valence-corrected chi connectivity index (χ2v) is 4.33. The van der Waals surface area contributed by atoms with Gasteiger partial charge in [0.05, 0.1) is 24.0 Å². The normalized spacial score (nSPS) is 20.4. The van der Waals surface area contributed by atoms with Crippen molar-refractivity contribution in [2.75, 3.05) is 23.8 Å². The molecule has 0 aliphatic carbocycles. The minimum Gasteiger partial charge on any atom is -0.394 e. The van der Waals surface area contributed by atoms with E-state index in [1.165, 1.54) is 0 Å². The van der Waals surface area contributed by atoms with Crippen LogP contribution in [-0.2, 0) is 0 Å². The van der Waals surface area contributed by atoms with Crippen LogP contribution in [0.3, 0.4) is 0 Å². The lowest BCUT2D eigenvalue weighted by molar-refractivity contribution is 0.266. The molecule has 1 aromatic rings. The summed E-state index contributed by atoms with van der Waals surface area (Å²) in [5.41, 5.74) is 7.17. The molecule has 1 aromatic heterocycles. The number of hydrogen-bond acceptors (Lipinski definition) is 5. The van der Waals surface area contributed by atoms with E-state index < -0.39 is 0 Å². The van der Waals surface area contributed by atoms with Gasteiger partial charge in [-0.2, -0.15) is 4.98 Å². The van der Waals surface area contributed by atoms with E-state index >= 15 is 0 Å². The van der Waals surface area contributed by atoms with Crippen LogP contribution >= 0.6 is 11.6 Å². The number of anilines is 2. The summed E-state index contributed by atoms with van der Waals surface area (Å²) in [6, 6.07) is 0.0904. The van der Waals surface area contributed by atoms with Crippen molar-refractivity contribution in [1.82, 2.24) is 9.97 Å². The number of aliphatic hydroxyl groups is 1. The SMILES string of the molecule is Cc1nc(Cl)nc(N2CCCC2CO)c1N. The average Bonchev–Trinajstić information content (AvgIpc) is 2.71. The number of halogens is 1. The average molecular weight is 243 g/mol. The van der Waals surface area contributed by atoms with Gasteiger partial charge >= 0.3 is 0 Å².